The normalized spacial score (nSPS) is 22.3. The summed E-state index contributed by atoms with van der Waals surface area (Å²) in [6.45, 7) is 0.949. The SMILES string of the molecule is O=C(NC[C@@H]1CC(Br)=NO1)[C@@H]1CCCN1C(=O)OCc1ccccn1. The van der Waals surface area contributed by atoms with Crippen molar-refractivity contribution in [3.8, 4) is 0 Å². The number of amides is 2. The molecule has 2 aliphatic rings. The van der Waals surface area contributed by atoms with E-state index in [4.69, 9.17) is 9.57 Å². The van der Waals surface area contributed by atoms with Gasteiger partial charge in [0.05, 0.1) is 12.2 Å². The van der Waals surface area contributed by atoms with E-state index in [0.29, 0.717) is 31.6 Å². The number of aromatic nitrogens is 1. The lowest BCUT2D eigenvalue weighted by molar-refractivity contribution is -0.125. The molecule has 0 aromatic carbocycles. The molecule has 0 bridgehead atoms. The predicted octanol–water partition coefficient (Wildman–Crippen LogP) is 1.80. The van der Waals surface area contributed by atoms with E-state index < -0.39 is 12.1 Å². The Morgan fingerprint density at radius 2 is 2.32 bits per heavy atom. The number of hydrogen-bond acceptors (Lipinski definition) is 6. The zero-order valence-corrected chi connectivity index (χ0v) is 15.1. The van der Waals surface area contributed by atoms with Gasteiger partial charge in [-0.05, 0) is 40.9 Å². The molecule has 1 fully saturated rings. The van der Waals surface area contributed by atoms with Gasteiger partial charge in [0.1, 0.15) is 17.3 Å². The summed E-state index contributed by atoms with van der Waals surface area (Å²) in [5.41, 5.74) is 0.667. The molecule has 1 saturated heterocycles. The van der Waals surface area contributed by atoms with Crippen molar-refractivity contribution in [3.63, 3.8) is 0 Å². The smallest absolute Gasteiger partial charge is 0.410 e. The van der Waals surface area contributed by atoms with Gasteiger partial charge in [-0.15, -0.1) is 0 Å². The number of nitrogens with one attached hydrogen (secondary N) is 1. The van der Waals surface area contributed by atoms with E-state index in [9.17, 15) is 9.59 Å². The minimum Gasteiger partial charge on any atom is -0.443 e. The van der Waals surface area contributed by atoms with Gasteiger partial charge in [0.15, 0.2) is 6.10 Å². The molecule has 134 valence electrons. The van der Waals surface area contributed by atoms with Gasteiger partial charge in [-0.1, -0.05) is 11.2 Å². The van der Waals surface area contributed by atoms with Gasteiger partial charge >= 0.3 is 6.09 Å². The van der Waals surface area contributed by atoms with Crippen LogP contribution >= 0.6 is 15.9 Å². The van der Waals surface area contributed by atoms with Crippen LogP contribution in [-0.4, -0.2) is 51.7 Å². The molecule has 3 heterocycles. The van der Waals surface area contributed by atoms with Crippen molar-refractivity contribution in [2.24, 2.45) is 5.16 Å². The number of carbonyl (C=O) groups excluding carboxylic acids is 2. The number of rotatable bonds is 5. The number of nitrogens with zero attached hydrogens (tertiary/aromatic N) is 3. The van der Waals surface area contributed by atoms with Crippen LogP contribution in [0.5, 0.6) is 0 Å². The maximum Gasteiger partial charge on any atom is 0.410 e. The number of oxime groups is 1. The Hall–Kier alpha value is -2.16. The Labute approximate surface area is 153 Å². The van der Waals surface area contributed by atoms with E-state index in [-0.39, 0.29) is 18.6 Å². The molecule has 9 heteroatoms. The molecule has 0 aliphatic carbocycles. The summed E-state index contributed by atoms with van der Waals surface area (Å²) in [5, 5.41) is 6.61. The van der Waals surface area contributed by atoms with Crippen LogP contribution in [0.2, 0.25) is 0 Å². The second-order valence-corrected chi connectivity index (χ2v) is 6.79. The van der Waals surface area contributed by atoms with E-state index in [1.807, 2.05) is 6.07 Å². The number of halogens is 1. The van der Waals surface area contributed by atoms with Crippen molar-refractivity contribution in [2.45, 2.75) is 38.0 Å². The van der Waals surface area contributed by atoms with Crippen LogP contribution in [0.3, 0.4) is 0 Å². The Kier molecular flexibility index (Phi) is 5.85. The molecule has 2 aliphatic heterocycles. The van der Waals surface area contributed by atoms with Crippen molar-refractivity contribution in [1.82, 2.24) is 15.2 Å². The molecule has 0 radical (unpaired) electrons. The molecule has 8 nitrogen and oxygen atoms in total. The molecule has 1 aromatic rings. The van der Waals surface area contributed by atoms with E-state index in [1.165, 1.54) is 4.90 Å². The summed E-state index contributed by atoms with van der Waals surface area (Å²) in [5.74, 6) is -0.195. The Balaban J connectivity index is 1.47. The van der Waals surface area contributed by atoms with Crippen LogP contribution in [0.1, 0.15) is 25.0 Å². The molecule has 0 saturated carbocycles. The van der Waals surface area contributed by atoms with Crippen LogP contribution in [0, 0.1) is 0 Å². The first-order chi connectivity index (χ1) is 12.1. The minimum absolute atomic E-state index is 0.0891. The quantitative estimate of drug-likeness (QED) is 0.798. The number of likely N-dealkylation sites (tertiary alicyclic amines) is 1. The van der Waals surface area contributed by atoms with Crippen molar-refractivity contribution in [3.05, 3.63) is 30.1 Å². The molecular formula is C16H19BrN4O4. The van der Waals surface area contributed by atoms with Crippen LogP contribution in [-0.2, 0) is 21.0 Å². The summed E-state index contributed by atoms with van der Waals surface area (Å²) in [7, 11) is 0. The van der Waals surface area contributed by atoms with E-state index in [0.717, 1.165) is 11.0 Å². The molecule has 0 spiro atoms. The van der Waals surface area contributed by atoms with Crippen molar-refractivity contribution in [1.29, 1.82) is 0 Å². The van der Waals surface area contributed by atoms with Gasteiger partial charge in [-0.25, -0.2) is 4.79 Å². The highest BCUT2D eigenvalue weighted by Crippen LogP contribution is 2.19. The monoisotopic (exact) mass is 410 g/mol. The molecule has 1 aromatic heterocycles. The van der Waals surface area contributed by atoms with Gasteiger partial charge in [-0.3, -0.25) is 14.7 Å². The number of carbonyl (C=O) groups is 2. The average Bonchev–Trinajstić information content (AvgIpc) is 3.27. The lowest BCUT2D eigenvalue weighted by Gasteiger charge is -2.23. The van der Waals surface area contributed by atoms with Gasteiger partial charge in [0, 0.05) is 19.2 Å². The molecule has 2 atom stereocenters. The maximum atomic E-state index is 12.4. The summed E-state index contributed by atoms with van der Waals surface area (Å²) < 4.78 is 6.01. The molecule has 3 rings (SSSR count). The van der Waals surface area contributed by atoms with Gasteiger partial charge in [0.25, 0.3) is 0 Å². The topological polar surface area (TPSA) is 93.1 Å². The Morgan fingerprint density at radius 1 is 1.44 bits per heavy atom. The molecule has 25 heavy (non-hydrogen) atoms. The summed E-state index contributed by atoms with van der Waals surface area (Å²) in [6, 6.07) is 4.89. The second kappa shape index (κ2) is 8.28. The number of hydrogen-bond donors (Lipinski definition) is 1. The fraction of sp³-hybridized carbons (Fsp3) is 0.500. The zero-order valence-electron chi connectivity index (χ0n) is 13.6. The van der Waals surface area contributed by atoms with Gasteiger partial charge in [-0.2, -0.15) is 0 Å². The van der Waals surface area contributed by atoms with Gasteiger partial charge in [0.2, 0.25) is 5.91 Å². The molecular weight excluding hydrogens is 392 g/mol. The van der Waals surface area contributed by atoms with Crippen molar-refractivity contribution >= 4 is 32.6 Å². The summed E-state index contributed by atoms with van der Waals surface area (Å²) >= 11 is 3.25. The zero-order chi connectivity index (χ0) is 17.6. The fourth-order valence-corrected chi connectivity index (χ4v) is 3.24. The molecule has 1 N–H and O–H groups in total. The third-order valence-electron chi connectivity index (χ3n) is 4.06. The van der Waals surface area contributed by atoms with Crippen molar-refractivity contribution in [2.75, 3.05) is 13.1 Å². The molecule has 0 unspecified atom stereocenters. The van der Waals surface area contributed by atoms with Crippen LogP contribution in [0.4, 0.5) is 4.79 Å². The molecule has 2 amide bonds. The lowest BCUT2D eigenvalue weighted by Crippen LogP contribution is -2.47. The van der Waals surface area contributed by atoms with E-state index in [1.54, 1.807) is 18.3 Å². The summed E-state index contributed by atoms with van der Waals surface area (Å²) in [6.07, 6.45) is 2.99. The largest absolute Gasteiger partial charge is 0.443 e. The van der Waals surface area contributed by atoms with Crippen LogP contribution in [0.25, 0.3) is 0 Å². The van der Waals surface area contributed by atoms with Crippen LogP contribution in [0.15, 0.2) is 29.6 Å². The van der Waals surface area contributed by atoms with Gasteiger partial charge < -0.3 is 14.9 Å². The second-order valence-electron chi connectivity index (χ2n) is 5.87. The van der Waals surface area contributed by atoms with E-state index in [2.05, 4.69) is 31.4 Å². The first-order valence-corrected chi connectivity index (χ1v) is 8.92. The van der Waals surface area contributed by atoms with Crippen LogP contribution < -0.4 is 5.32 Å². The van der Waals surface area contributed by atoms with E-state index >= 15 is 0 Å². The Morgan fingerprint density at radius 3 is 3.04 bits per heavy atom. The fourth-order valence-electron chi connectivity index (χ4n) is 2.80. The highest BCUT2D eigenvalue weighted by molar-refractivity contribution is 9.18. The third-order valence-corrected chi connectivity index (χ3v) is 4.53. The summed E-state index contributed by atoms with van der Waals surface area (Å²) in [4.78, 5) is 35.4. The minimum atomic E-state index is -0.512. The lowest BCUT2D eigenvalue weighted by atomic mass is 10.2. The predicted molar refractivity (Wildman–Crippen MR) is 93.0 cm³/mol. The van der Waals surface area contributed by atoms with Crippen molar-refractivity contribution < 1.29 is 19.2 Å². The Bertz CT molecular complexity index is 655. The number of ether oxygens (including phenoxy) is 1. The highest BCUT2D eigenvalue weighted by Gasteiger charge is 2.35. The number of pyridine rings is 1. The highest BCUT2D eigenvalue weighted by atomic mass is 79.9. The standard InChI is InChI=1S/C16H19BrN4O4/c17-14-8-12(25-20-14)9-19-15(22)13-5-3-7-21(13)16(23)24-10-11-4-1-2-6-18-11/h1-2,4,6,12-13H,3,5,7-10H2,(H,19,22)/t12-,13-/m0/s1. The average molecular weight is 411 g/mol. The maximum absolute atomic E-state index is 12.4. The third kappa shape index (κ3) is 4.68. The first-order valence-electron chi connectivity index (χ1n) is 8.12. The first kappa shape index (κ1) is 17.7.